The third kappa shape index (κ3) is 7.23. The van der Waals surface area contributed by atoms with Gasteiger partial charge in [0, 0.05) is 17.5 Å². The van der Waals surface area contributed by atoms with Crippen molar-refractivity contribution < 1.29 is 4.79 Å². The highest BCUT2D eigenvalue weighted by molar-refractivity contribution is 8.00. The van der Waals surface area contributed by atoms with Crippen LogP contribution in [0.15, 0.2) is 29.2 Å². The molecule has 1 rings (SSSR count). The molecule has 0 spiro atoms. The molecule has 0 aromatic heterocycles. The molecule has 106 valence electrons. The van der Waals surface area contributed by atoms with Crippen LogP contribution in [-0.4, -0.2) is 24.2 Å². The minimum atomic E-state index is 0.0921. The first-order chi connectivity index (χ1) is 9.11. The van der Waals surface area contributed by atoms with Gasteiger partial charge in [0.2, 0.25) is 5.91 Å². The van der Waals surface area contributed by atoms with Crippen molar-refractivity contribution in [2.24, 2.45) is 0 Å². The van der Waals surface area contributed by atoms with Gasteiger partial charge in [-0.05, 0) is 44.5 Å². The van der Waals surface area contributed by atoms with Gasteiger partial charge in [-0.15, -0.1) is 11.8 Å². The van der Waals surface area contributed by atoms with Crippen LogP contribution in [0, 0.1) is 0 Å². The van der Waals surface area contributed by atoms with Gasteiger partial charge in [0.1, 0.15) is 0 Å². The van der Waals surface area contributed by atoms with E-state index in [0.29, 0.717) is 5.75 Å². The predicted molar refractivity (Wildman–Crippen MR) is 82.4 cm³/mol. The van der Waals surface area contributed by atoms with Crippen LogP contribution in [0.5, 0.6) is 0 Å². The van der Waals surface area contributed by atoms with Crippen molar-refractivity contribution >= 4 is 17.7 Å². The van der Waals surface area contributed by atoms with Crippen LogP contribution >= 0.6 is 11.8 Å². The van der Waals surface area contributed by atoms with E-state index in [-0.39, 0.29) is 11.9 Å². The lowest BCUT2D eigenvalue weighted by Gasteiger charge is -2.09. The van der Waals surface area contributed by atoms with Gasteiger partial charge < -0.3 is 10.6 Å². The number of carbonyl (C=O) groups is 1. The van der Waals surface area contributed by atoms with E-state index in [2.05, 4.69) is 35.8 Å². The second-order valence-corrected chi connectivity index (χ2v) is 5.88. The predicted octanol–water partition coefficient (Wildman–Crippen LogP) is 2.80. The number of nitrogens with one attached hydrogen (secondary N) is 2. The second-order valence-electron chi connectivity index (χ2n) is 4.84. The quantitative estimate of drug-likeness (QED) is 0.568. The summed E-state index contributed by atoms with van der Waals surface area (Å²) in [5.74, 6) is 0.568. The standard InChI is InChI=1S/C15H24N2OS/c1-4-8-16-10-13-6-5-7-14(9-13)19-11-15(18)17-12(2)3/h5-7,9,12,16H,4,8,10-11H2,1-3H3,(H,17,18). The van der Waals surface area contributed by atoms with Gasteiger partial charge in [0.05, 0.1) is 5.75 Å². The number of thioether (sulfide) groups is 1. The summed E-state index contributed by atoms with van der Waals surface area (Å²) in [6.07, 6.45) is 1.14. The second kappa shape index (κ2) is 8.99. The molecule has 0 saturated carbocycles. The lowest BCUT2D eigenvalue weighted by atomic mass is 10.2. The van der Waals surface area contributed by atoms with E-state index in [0.717, 1.165) is 24.4 Å². The Morgan fingerprint density at radius 2 is 2.16 bits per heavy atom. The molecule has 0 unspecified atom stereocenters. The molecule has 2 N–H and O–H groups in total. The monoisotopic (exact) mass is 280 g/mol. The zero-order valence-corrected chi connectivity index (χ0v) is 12.8. The van der Waals surface area contributed by atoms with E-state index in [1.54, 1.807) is 11.8 Å². The first-order valence-corrected chi connectivity index (χ1v) is 7.82. The molecule has 4 heteroatoms. The molecule has 0 heterocycles. The van der Waals surface area contributed by atoms with Gasteiger partial charge in [0.25, 0.3) is 0 Å². The fourth-order valence-corrected chi connectivity index (χ4v) is 2.46. The van der Waals surface area contributed by atoms with E-state index < -0.39 is 0 Å². The largest absolute Gasteiger partial charge is 0.353 e. The Hall–Kier alpha value is -1.00. The number of benzene rings is 1. The highest BCUT2D eigenvalue weighted by Crippen LogP contribution is 2.18. The van der Waals surface area contributed by atoms with Gasteiger partial charge in [-0.25, -0.2) is 0 Å². The fraction of sp³-hybridized carbons (Fsp3) is 0.533. The summed E-state index contributed by atoms with van der Waals surface area (Å²) in [6.45, 7) is 8.03. The Labute approximate surface area is 120 Å². The van der Waals surface area contributed by atoms with Gasteiger partial charge in [-0.3, -0.25) is 4.79 Å². The van der Waals surface area contributed by atoms with Gasteiger partial charge >= 0.3 is 0 Å². The number of amides is 1. The third-order valence-corrected chi connectivity index (χ3v) is 3.47. The molecule has 1 aromatic carbocycles. The van der Waals surface area contributed by atoms with E-state index in [1.165, 1.54) is 5.56 Å². The number of rotatable bonds is 8. The van der Waals surface area contributed by atoms with Crippen molar-refractivity contribution in [3.63, 3.8) is 0 Å². The van der Waals surface area contributed by atoms with E-state index in [9.17, 15) is 4.79 Å². The highest BCUT2D eigenvalue weighted by atomic mass is 32.2. The van der Waals surface area contributed by atoms with Crippen LogP contribution in [0.2, 0.25) is 0 Å². The van der Waals surface area contributed by atoms with Gasteiger partial charge in [-0.1, -0.05) is 19.1 Å². The van der Waals surface area contributed by atoms with Crippen LogP contribution in [0.1, 0.15) is 32.8 Å². The van der Waals surface area contributed by atoms with Crippen molar-refractivity contribution in [3.05, 3.63) is 29.8 Å². The maximum absolute atomic E-state index is 11.6. The zero-order chi connectivity index (χ0) is 14.1. The minimum Gasteiger partial charge on any atom is -0.353 e. The molecule has 19 heavy (non-hydrogen) atoms. The van der Waals surface area contributed by atoms with Crippen LogP contribution < -0.4 is 10.6 Å². The maximum atomic E-state index is 11.6. The molecular formula is C15H24N2OS. The normalized spacial score (nSPS) is 10.7. The van der Waals surface area contributed by atoms with Crippen molar-refractivity contribution in [3.8, 4) is 0 Å². The molecule has 0 aliphatic heterocycles. The summed E-state index contributed by atoms with van der Waals surface area (Å²) in [5, 5.41) is 6.28. The van der Waals surface area contributed by atoms with Crippen LogP contribution in [0.25, 0.3) is 0 Å². The van der Waals surface area contributed by atoms with Crippen LogP contribution in [0.3, 0.4) is 0 Å². The summed E-state index contributed by atoms with van der Waals surface area (Å²) in [7, 11) is 0. The minimum absolute atomic E-state index is 0.0921. The summed E-state index contributed by atoms with van der Waals surface area (Å²) >= 11 is 1.58. The first-order valence-electron chi connectivity index (χ1n) is 6.83. The smallest absolute Gasteiger partial charge is 0.230 e. The molecule has 0 saturated heterocycles. The molecule has 0 fully saturated rings. The summed E-state index contributed by atoms with van der Waals surface area (Å²) in [4.78, 5) is 12.7. The van der Waals surface area contributed by atoms with Crippen LogP contribution in [-0.2, 0) is 11.3 Å². The summed E-state index contributed by atoms with van der Waals surface area (Å²) in [6, 6.07) is 8.57. The maximum Gasteiger partial charge on any atom is 0.230 e. The highest BCUT2D eigenvalue weighted by Gasteiger charge is 2.04. The molecule has 0 atom stereocenters. The van der Waals surface area contributed by atoms with Crippen molar-refractivity contribution in [1.82, 2.24) is 10.6 Å². The third-order valence-electron chi connectivity index (χ3n) is 2.47. The first kappa shape index (κ1) is 16.1. The Bertz CT molecular complexity index is 393. The Morgan fingerprint density at radius 1 is 1.37 bits per heavy atom. The molecule has 0 bridgehead atoms. The fourth-order valence-electron chi connectivity index (χ4n) is 1.67. The molecule has 0 radical (unpaired) electrons. The van der Waals surface area contributed by atoms with Crippen LogP contribution in [0.4, 0.5) is 0 Å². The van der Waals surface area contributed by atoms with Crippen molar-refractivity contribution in [2.75, 3.05) is 12.3 Å². The van der Waals surface area contributed by atoms with E-state index in [4.69, 9.17) is 0 Å². The molecule has 3 nitrogen and oxygen atoms in total. The molecule has 0 aliphatic rings. The number of carbonyl (C=O) groups excluding carboxylic acids is 1. The SMILES string of the molecule is CCCNCc1cccc(SCC(=O)NC(C)C)c1. The average molecular weight is 280 g/mol. The van der Waals surface area contributed by atoms with Crippen molar-refractivity contribution in [1.29, 1.82) is 0 Å². The van der Waals surface area contributed by atoms with E-state index in [1.807, 2.05) is 19.9 Å². The number of hydrogen-bond donors (Lipinski definition) is 2. The molecular weight excluding hydrogens is 256 g/mol. The Morgan fingerprint density at radius 3 is 2.84 bits per heavy atom. The van der Waals surface area contributed by atoms with Gasteiger partial charge in [-0.2, -0.15) is 0 Å². The summed E-state index contributed by atoms with van der Waals surface area (Å²) < 4.78 is 0. The molecule has 1 amide bonds. The Kier molecular flexibility index (Phi) is 7.60. The van der Waals surface area contributed by atoms with Gasteiger partial charge in [0.15, 0.2) is 0 Å². The zero-order valence-electron chi connectivity index (χ0n) is 12.0. The molecule has 1 aromatic rings. The lowest BCUT2D eigenvalue weighted by molar-refractivity contribution is -0.119. The molecule has 0 aliphatic carbocycles. The lowest BCUT2D eigenvalue weighted by Crippen LogP contribution is -2.31. The van der Waals surface area contributed by atoms with E-state index >= 15 is 0 Å². The summed E-state index contributed by atoms with van der Waals surface area (Å²) in [5.41, 5.74) is 1.27. The van der Waals surface area contributed by atoms with Crippen molar-refractivity contribution in [2.45, 2.75) is 44.7 Å². The Balaban J connectivity index is 2.41. The topological polar surface area (TPSA) is 41.1 Å². The number of hydrogen-bond acceptors (Lipinski definition) is 3. The average Bonchev–Trinajstić information content (AvgIpc) is 2.36.